The Hall–Kier alpha value is -0.470. The van der Waals surface area contributed by atoms with E-state index in [9.17, 15) is 8.42 Å². The Morgan fingerprint density at radius 3 is 2.63 bits per heavy atom. The lowest BCUT2D eigenvalue weighted by atomic mass is 10.3. The third kappa shape index (κ3) is 5.19. The quantitative estimate of drug-likeness (QED) is 0.755. The smallest absolute Gasteiger partial charge is 0.250 e. The molecule has 0 fully saturated rings. The Balaban J connectivity index is 2.64. The third-order valence-corrected chi connectivity index (χ3v) is 5.90. The number of rotatable bonds is 8. The molecule has 1 aromatic rings. The Morgan fingerprint density at radius 1 is 1.37 bits per heavy atom. The molecule has 0 radical (unpaired) electrons. The summed E-state index contributed by atoms with van der Waals surface area (Å²) in [6.07, 6.45) is 0. The Morgan fingerprint density at radius 2 is 2.05 bits per heavy atom. The summed E-state index contributed by atoms with van der Waals surface area (Å²) in [5, 5.41) is 3.18. The van der Waals surface area contributed by atoms with Crippen molar-refractivity contribution in [3.8, 4) is 0 Å². The third-order valence-electron chi connectivity index (χ3n) is 2.90. The monoisotopic (exact) mass is 305 g/mol. The molecule has 5 nitrogen and oxygen atoms in total. The van der Waals surface area contributed by atoms with Crippen LogP contribution in [0.25, 0.3) is 0 Å². The number of nitrogens with one attached hydrogen (secondary N) is 2. The molecule has 1 heterocycles. The zero-order chi connectivity index (χ0) is 14.5. The largest absolute Gasteiger partial charge is 0.312 e. The molecule has 0 aliphatic heterocycles. The Labute approximate surface area is 120 Å². The molecular formula is C12H23N3O2S2. The standard InChI is InChI=1S/C12H23N3O2S2/c1-5-13-9-11-6-7-12(18-11)19(16,17)14-8-10(2)15(3)4/h6-7,10,13-14H,5,8-9H2,1-4H3. The van der Waals surface area contributed by atoms with Crippen LogP contribution in [0.1, 0.15) is 18.7 Å². The molecule has 1 rings (SSSR count). The highest BCUT2D eigenvalue weighted by atomic mass is 32.2. The van der Waals surface area contributed by atoms with Crippen molar-refractivity contribution in [1.82, 2.24) is 14.9 Å². The van der Waals surface area contributed by atoms with Crippen molar-refractivity contribution < 1.29 is 8.42 Å². The van der Waals surface area contributed by atoms with E-state index in [1.807, 2.05) is 38.9 Å². The molecule has 0 saturated heterocycles. The maximum atomic E-state index is 12.1. The van der Waals surface area contributed by atoms with Gasteiger partial charge < -0.3 is 10.2 Å². The van der Waals surface area contributed by atoms with Gasteiger partial charge in [0.25, 0.3) is 0 Å². The summed E-state index contributed by atoms with van der Waals surface area (Å²) in [6, 6.07) is 3.69. The summed E-state index contributed by atoms with van der Waals surface area (Å²) in [7, 11) is 0.479. The second kappa shape index (κ2) is 7.35. The minimum absolute atomic E-state index is 0.163. The summed E-state index contributed by atoms with van der Waals surface area (Å²) in [5.74, 6) is 0. The first kappa shape index (κ1) is 16.6. The second-order valence-electron chi connectivity index (χ2n) is 4.67. The Kier molecular flexibility index (Phi) is 6.41. The Bertz CT molecular complexity index is 483. The van der Waals surface area contributed by atoms with Crippen molar-refractivity contribution in [2.45, 2.75) is 30.6 Å². The van der Waals surface area contributed by atoms with Crippen molar-refractivity contribution in [2.24, 2.45) is 0 Å². The maximum Gasteiger partial charge on any atom is 0.250 e. The van der Waals surface area contributed by atoms with Gasteiger partial charge in [0.1, 0.15) is 4.21 Å². The van der Waals surface area contributed by atoms with Crippen LogP contribution in [0.5, 0.6) is 0 Å². The minimum Gasteiger partial charge on any atom is -0.312 e. The molecular weight excluding hydrogens is 282 g/mol. The van der Waals surface area contributed by atoms with Gasteiger partial charge in [0.05, 0.1) is 0 Å². The van der Waals surface area contributed by atoms with E-state index in [0.29, 0.717) is 17.3 Å². The van der Waals surface area contributed by atoms with Crippen LogP contribution in [-0.2, 0) is 16.6 Å². The average molecular weight is 305 g/mol. The lowest BCUT2D eigenvalue weighted by Gasteiger charge is -2.19. The van der Waals surface area contributed by atoms with E-state index in [0.717, 1.165) is 11.4 Å². The first-order valence-electron chi connectivity index (χ1n) is 6.32. The van der Waals surface area contributed by atoms with Crippen molar-refractivity contribution in [1.29, 1.82) is 0 Å². The van der Waals surface area contributed by atoms with Crippen LogP contribution in [0.15, 0.2) is 16.3 Å². The van der Waals surface area contributed by atoms with Gasteiger partial charge in [-0.2, -0.15) is 0 Å². The predicted octanol–water partition coefficient (Wildman–Crippen LogP) is 1.09. The van der Waals surface area contributed by atoms with Crippen molar-refractivity contribution in [2.75, 3.05) is 27.2 Å². The maximum absolute atomic E-state index is 12.1. The van der Waals surface area contributed by atoms with Crippen LogP contribution in [0.4, 0.5) is 0 Å². The fraction of sp³-hybridized carbons (Fsp3) is 0.667. The lowest BCUT2D eigenvalue weighted by molar-refractivity contribution is 0.314. The van der Waals surface area contributed by atoms with Crippen LogP contribution >= 0.6 is 11.3 Å². The van der Waals surface area contributed by atoms with E-state index in [-0.39, 0.29) is 6.04 Å². The lowest BCUT2D eigenvalue weighted by Crippen LogP contribution is -2.37. The second-order valence-corrected chi connectivity index (χ2v) is 7.83. The van der Waals surface area contributed by atoms with E-state index in [1.54, 1.807) is 6.07 Å². The number of nitrogens with zero attached hydrogens (tertiary/aromatic N) is 1. The van der Waals surface area contributed by atoms with E-state index in [2.05, 4.69) is 10.0 Å². The number of hydrogen-bond donors (Lipinski definition) is 2. The van der Waals surface area contributed by atoms with E-state index >= 15 is 0 Å². The zero-order valence-electron chi connectivity index (χ0n) is 11.9. The summed E-state index contributed by atoms with van der Waals surface area (Å²) < 4.78 is 27.2. The van der Waals surface area contributed by atoms with Crippen molar-refractivity contribution in [3.63, 3.8) is 0 Å². The molecule has 7 heteroatoms. The van der Waals surface area contributed by atoms with E-state index < -0.39 is 10.0 Å². The first-order chi connectivity index (χ1) is 8.86. The summed E-state index contributed by atoms with van der Waals surface area (Å²) in [5.41, 5.74) is 0. The highest BCUT2D eigenvalue weighted by Crippen LogP contribution is 2.21. The van der Waals surface area contributed by atoms with Crippen LogP contribution in [0, 0.1) is 0 Å². The molecule has 1 atom stereocenters. The van der Waals surface area contributed by atoms with Crippen LogP contribution in [0.3, 0.4) is 0 Å². The highest BCUT2D eigenvalue weighted by molar-refractivity contribution is 7.91. The minimum atomic E-state index is -3.38. The normalized spacial score (nSPS) is 13.9. The van der Waals surface area contributed by atoms with Crippen LogP contribution in [-0.4, -0.2) is 46.5 Å². The van der Waals surface area contributed by atoms with Crippen LogP contribution in [0.2, 0.25) is 0 Å². The van der Waals surface area contributed by atoms with E-state index in [1.165, 1.54) is 11.3 Å². The van der Waals surface area contributed by atoms with Crippen LogP contribution < -0.4 is 10.0 Å². The molecule has 2 N–H and O–H groups in total. The van der Waals surface area contributed by atoms with Crippen molar-refractivity contribution in [3.05, 3.63) is 17.0 Å². The highest BCUT2D eigenvalue weighted by Gasteiger charge is 2.18. The van der Waals surface area contributed by atoms with Gasteiger partial charge in [-0.25, -0.2) is 13.1 Å². The fourth-order valence-corrected chi connectivity index (χ4v) is 3.82. The summed E-state index contributed by atoms with van der Waals surface area (Å²) in [4.78, 5) is 3.01. The molecule has 1 unspecified atom stereocenters. The van der Waals surface area contributed by atoms with Gasteiger partial charge in [0, 0.05) is 24.0 Å². The molecule has 0 saturated carbocycles. The molecule has 19 heavy (non-hydrogen) atoms. The number of sulfonamides is 1. The molecule has 0 amide bonds. The fourth-order valence-electron chi connectivity index (χ4n) is 1.33. The molecule has 0 spiro atoms. The van der Waals surface area contributed by atoms with Gasteiger partial charge in [-0.05, 0) is 39.7 Å². The molecule has 0 aliphatic carbocycles. The van der Waals surface area contributed by atoms with Gasteiger partial charge in [0.15, 0.2) is 0 Å². The first-order valence-corrected chi connectivity index (χ1v) is 8.62. The van der Waals surface area contributed by atoms with E-state index in [4.69, 9.17) is 0 Å². The van der Waals surface area contributed by atoms with Crippen molar-refractivity contribution >= 4 is 21.4 Å². The van der Waals surface area contributed by atoms with Gasteiger partial charge in [-0.3, -0.25) is 0 Å². The SMILES string of the molecule is CCNCc1ccc(S(=O)(=O)NCC(C)N(C)C)s1. The number of hydrogen-bond acceptors (Lipinski definition) is 5. The molecule has 0 aromatic carbocycles. The molecule has 1 aromatic heterocycles. The summed E-state index contributed by atoms with van der Waals surface area (Å²) in [6.45, 7) is 6.00. The topological polar surface area (TPSA) is 61.4 Å². The average Bonchev–Trinajstić information content (AvgIpc) is 2.82. The number of thiophene rings is 1. The molecule has 110 valence electrons. The van der Waals surface area contributed by atoms with Gasteiger partial charge in [-0.15, -0.1) is 11.3 Å². The zero-order valence-corrected chi connectivity index (χ0v) is 13.6. The van der Waals surface area contributed by atoms with Gasteiger partial charge in [-0.1, -0.05) is 6.92 Å². The predicted molar refractivity (Wildman–Crippen MR) is 80.0 cm³/mol. The summed E-state index contributed by atoms with van der Waals surface area (Å²) >= 11 is 1.31. The molecule has 0 aliphatic rings. The van der Waals surface area contributed by atoms with Gasteiger partial charge >= 0.3 is 0 Å². The number of likely N-dealkylation sites (N-methyl/N-ethyl adjacent to an activating group) is 1. The molecule has 0 bridgehead atoms. The van der Waals surface area contributed by atoms with Gasteiger partial charge in [0.2, 0.25) is 10.0 Å².